The van der Waals surface area contributed by atoms with E-state index >= 15 is 4.39 Å². The van der Waals surface area contributed by atoms with E-state index in [1.165, 1.54) is 36.2 Å². The monoisotopic (exact) mass is 455 g/mol. The lowest BCUT2D eigenvalue weighted by Crippen LogP contribution is -2.43. The molecule has 2 aliphatic rings. The molecule has 3 aromatic rings. The SMILES string of the molecule is COC1O[C@H]2[C@H](O1)[C@](C#N)(c1ccc3c(N)ncnn13)O[C@]2(F)COC(=O)c1ccccc1. The van der Waals surface area contributed by atoms with Gasteiger partial charge in [0, 0.05) is 7.11 Å². The van der Waals surface area contributed by atoms with Gasteiger partial charge in [0.25, 0.3) is 12.3 Å². The summed E-state index contributed by atoms with van der Waals surface area (Å²) in [6.45, 7) is -2.12. The molecule has 12 heteroatoms. The number of fused-ring (bicyclic) bond motifs is 2. The topological polar surface area (TPSA) is 143 Å². The maximum atomic E-state index is 16.2. The van der Waals surface area contributed by atoms with Gasteiger partial charge in [0.15, 0.2) is 18.5 Å². The molecule has 4 heterocycles. The van der Waals surface area contributed by atoms with Gasteiger partial charge in [0.2, 0.25) is 5.60 Å². The molecule has 2 aliphatic heterocycles. The lowest BCUT2D eigenvalue weighted by molar-refractivity contribution is -0.297. The van der Waals surface area contributed by atoms with Gasteiger partial charge in [0.05, 0.1) is 11.3 Å². The van der Waals surface area contributed by atoms with Crippen LogP contribution in [0.3, 0.4) is 0 Å². The van der Waals surface area contributed by atoms with Gasteiger partial charge in [-0.15, -0.1) is 0 Å². The smallest absolute Gasteiger partial charge is 0.338 e. The van der Waals surface area contributed by atoms with Gasteiger partial charge in [-0.1, -0.05) is 18.2 Å². The molecule has 2 fully saturated rings. The van der Waals surface area contributed by atoms with Crippen LogP contribution < -0.4 is 5.73 Å². The summed E-state index contributed by atoms with van der Waals surface area (Å²) in [6, 6.07) is 13.1. The molecule has 33 heavy (non-hydrogen) atoms. The second kappa shape index (κ2) is 7.75. The van der Waals surface area contributed by atoms with Crippen molar-refractivity contribution in [3.05, 3.63) is 60.0 Å². The number of nitrogen functional groups attached to an aromatic ring is 1. The molecule has 5 rings (SSSR count). The Morgan fingerprint density at radius 3 is 2.76 bits per heavy atom. The van der Waals surface area contributed by atoms with Crippen LogP contribution in [-0.2, 0) is 29.3 Å². The maximum Gasteiger partial charge on any atom is 0.338 e. The Bertz CT molecular complexity index is 1250. The van der Waals surface area contributed by atoms with Crippen LogP contribution in [0.15, 0.2) is 48.8 Å². The van der Waals surface area contributed by atoms with E-state index in [2.05, 4.69) is 10.1 Å². The molecule has 0 aliphatic carbocycles. The van der Waals surface area contributed by atoms with Crippen LogP contribution in [0.2, 0.25) is 0 Å². The third-order valence-corrected chi connectivity index (χ3v) is 5.58. The van der Waals surface area contributed by atoms with Crippen molar-refractivity contribution in [2.24, 2.45) is 0 Å². The summed E-state index contributed by atoms with van der Waals surface area (Å²) in [4.78, 5) is 16.3. The number of hydrogen-bond acceptors (Lipinski definition) is 10. The number of halogens is 1. The Kier molecular flexibility index (Phi) is 4.98. The molecule has 0 bridgehead atoms. The molecular weight excluding hydrogens is 437 g/mol. The fourth-order valence-electron chi connectivity index (χ4n) is 4.05. The number of carbonyl (C=O) groups is 1. The minimum Gasteiger partial charge on any atom is -0.456 e. The van der Waals surface area contributed by atoms with Crippen LogP contribution in [0.4, 0.5) is 10.2 Å². The van der Waals surface area contributed by atoms with Crippen molar-refractivity contribution in [2.75, 3.05) is 19.5 Å². The number of nitrogens with zero attached hydrogens (tertiary/aromatic N) is 4. The standard InChI is InChI=1S/C21H18FN5O6/c1-29-19-31-15-16(32-19)21(22,10-30-18(28)12-5-3-2-4-6-12)33-20(15,9-23)14-8-7-13-17(24)25-11-26-27(13)14/h2-8,11,15-16,19H,10H2,1H3,(H2,24,25,26)/t15-,16-,19?,20-,21+/m0/s1. The number of methoxy groups -OCH3 is 1. The maximum absolute atomic E-state index is 16.2. The van der Waals surface area contributed by atoms with E-state index < -0.39 is 42.7 Å². The first-order chi connectivity index (χ1) is 15.9. The summed E-state index contributed by atoms with van der Waals surface area (Å²) in [5, 5.41) is 14.3. The first-order valence-electron chi connectivity index (χ1n) is 9.87. The number of ether oxygens (including phenoxy) is 5. The van der Waals surface area contributed by atoms with Crippen LogP contribution in [0.1, 0.15) is 16.1 Å². The zero-order valence-corrected chi connectivity index (χ0v) is 17.3. The molecule has 0 saturated carbocycles. The van der Waals surface area contributed by atoms with E-state index in [-0.39, 0.29) is 17.1 Å². The number of nitrogens with two attached hydrogens (primary N) is 1. The molecule has 170 valence electrons. The van der Waals surface area contributed by atoms with Crippen LogP contribution >= 0.6 is 0 Å². The first-order valence-corrected chi connectivity index (χ1v) is 9.87. The van der Waals surface area contributed by atoms with Gasteiger partial charge in [-0.05, 0) is 24.3 Å². The Balaban J connectivity index is 1.52. The normalized spacial score (nSPS) is 30.8. The number of esters is 1. The molecule has 11 nitrogen and oxygen atoms in total. The molecule has 2 N–H and O–H groups in total. The Morgan fingerprint density at radius 2 is 2.03 bits per heavy atom. The van der Waals surface area contributed by atoms with Crippen molar-refractivity contribution in [3.8, 4) is 6.07 Å². The predicted molar refractivity (Wildman–Crippen MR) is 107 cm³/mol. The van der Waals surface area contributed by atoms with E-state index in [1.54, 1.807) is 24.3 Å². The Morgan fingerprint density at radius 1 is 1.27 bits per heavy atom. The highest BCUT2D eigenvalue weighted by Gasteiger charge is 2.71. The number of benzene rings is 1. The van der Waals surface area contributed by atoms with Gasteiger partial charge in [0.1, 0.15) is 24.0 Å². The quantitative estimate of drug-likeness (QED) is 0.559. The zero-order chi connectivity index (χ0) is 23.2. The van der Waals surface area contributed by atoms with Gasteiger partial charge >= 0.3 is 5.97 Å². The van der Waals surface area contributed by atoms with Crippen molar-refractivity contribution >= 4 is 17.3 Å². The average Bonchev–Trinajstić information content (AvgIpc) is 3.53. The third-order valence-electron chi connectivity index (χ3n) is 5.58. The number of nitriles is 1. The van der Waals surface area contributed by atoms with E-state index in [0.717, 1.165) is 0 Å². The fourth-order valence-corrected chi connectivity index (χ4v) is 4.05. The van der Waals surface area contributed by atoms with Gasteiger partial charge in [-0.25, -0.2) is 18.7 Å². The molecule has 1 unspecified atom stereocenters. The number of hydrogen-bond donors (Lipinski definition) is 1. The first kappa shape index (κ1) is 21.2. The van der Waals surface area contributed by atoms with Gasteiger partial charge in [-0.3, -0.25) is 0 Å². The van der Waals surface area contributed by atoms with Crippen LogP contribution in [0.5, 0.6) is 0 Å². The molecule has 5 atom stereocenters. The molecule has 0 radical (unpaired) electrons. The second-order valence-electron chi connectivity index (χ2n) is 7.48. The number of rotatable bonds is 5. The molecule has 0 spiro atoms. The largest absolute Gasteiger partial charge is 0.456 e. The summed E-state index contributed by atoms with van der Waals surface area (Å²) in [7, 11) is 1.30. The predicted octanol–water partition coefficient (Wildman–Crippen LogP) is 1.30. The molecule has 1 aromatic carbocycles. The van der Waals surface area contributed by atoms with Gasteiger partial charge in [-0.2, -0.15) is 10.4 Å². The van der Waals surface area contributed by atoms with E-state index in [4.69, 9.17) is 29.4 Å². The summed E-state index contributed by atoms with van der Waals surface area (Å²) in [5.41, 5.74) is 4.61. The lowest BCUT2D eigenvalue weighted by Gasteiger charge is -2.28. The van der Waals surface area contributed by atoms with Crippen molar-refractivity contribution in [2.45, 2.75) is 30.1 Å². The molecule has 2 aromatic heterocycles. The molecular formula is C21H18FN5O6. The Labute approximate surface area is 186 Å². The highest BCUT2D eigenvalue weighted by molar-refractivity contribution is 5.89. The van der Waals surface area contributed by atoms with E-state index in [1.807, 2.05) is 6.07 Å². The highest BCUT2D eigenvalue weighted by Crippen LogP contribution is 2.52. The number of anilines is 1. The van der Waals surface area contributed by atoms with Crippen LogP contribution in [0, 0.1) is 11.3 Å². The van der Waals surface area contributed by atoms with Gasteiger partial charge < -0.3 is 29.4 Å². The summed E-state index contributed by atoms with van der Waals surface area (Å²) < 4.78 is 44.7. The van der Waals surface area contributed by atoms with Crippen molar-refractivity contribution in [1.82, 2.24) is 14.6 Å². The highest BCUT2D eigenvalue weighted by atomic mass is 19.2. The Hall–Kier alpha value is -3.63. The van der Waals surface area contributed by atoms with Crippen LogP contribution in [-0.4, -0.2) is 58.8 Å². The number of aromatic nitrogens is 3. The second-order valence-corrected chi connectivity index (χ2v) is 7.48. The minimum absolute atomic E-state index is 0.137. The summed E-state index contributed by atoms with van der Waals surface area (Å²) in [6.07, 6.45) is -1.53. The van der Waals surface area contributed by atoms with E-state index in [0.29, 0.717) is 5.52 Å². The van der Waals surface area contributed by atoms with Crippen molar-refractivity contribution < 1.29 is 32.9 Å². The molecule has 0 amide bonds. The van der Waals surface area contributed by atoms with E-state index in [9.17, 15) is 10.1 Å². The lowest BCUT2D eigenvalue weighted by atomic mass is 9.92. The van der Waals surface area contributed by atoms with Crippen molar-refractivity contribution in [1.29, 1.82) is 5.26 Å². The summed E-state index contributed by atoms with van der Waals surface area (Å²) in [5.74, 6) is -3.35. The number of carbonyl (C=O) groups excluding carboxylic acids is 1. The average molecular weight is 455 g/mol. The zero-order valence-electron chi connectivity index (χ0n) is 17.3. The molecule has 2 saturated heterocycles. The number of alkyl halides is 1. The summed E-state index contributed by atoms with van der Waals surface area (Å²) >= 11 is 0. The fraction of sp³-hybridized carbons (Fsp3) is 0.333. The van der Waals surface area contributed by atoms with Crippen LogP contribution in [0.25, 0.3) is 5.52 Å². The third kappa shape index (κ3) is 3.21. The van der Waals surface area contributed by atoms with Crippen molar-refractivity contribution in [3.63, 3.8) is 0 Å². The minimum atomic E-state index is -2.74.